The maximum absolute atomic E-state index is 12.1. The highest BCUT2D eigenvalue weighted by Gasteiger charge is 2.13. The highest BCUT2D eigenvalue weighted by molar-refractivity contribution is 7.08. The second-order valence-corrected chi connectivity index (χ2v) is 4.95. The van der Waals surface area contributed by atoms with Crippen LogP contribution in [0.15, 0.2) is 29.0 Å². The van der Waals surface area contributed by atoms with Gasteiger partial charge < -0.3 is 15.8 Å². The lowest BCUT2D eigenvalue weighted by Crippen LogP contribution is -2.14. The summed E-state index contributed by atoms with van der Waals surface area (Å²) in [5, 5.41) is 6.88. The minimum Gasteiger partial charge on any atom is -0.491 e. The molecule has 3 N–H and O–H groups in total. The molecule has 2 rings (SSSR count). The van der Waals surface area contributed by atoms with Crippen molar-refractivity contribution in [2.75, 3.05) is 17.7 Å². The number of nitrogen functional groups attached to an aromatic ring is 1. The Morgan fingerprint density at radius 2 is 2.26 bits per heavy atom. The molecule has 1 aromatic heterocycles. The van der Waals surface area contributed by atoms with E-state index in [1.54, 1.807) is 18.2 Å². The van der Waals surface area contributed by atoms with Crippen molar-refractivity contribution in [3.8, 4) is 5.75 Å². The second-order valence-electron chi connectivity index (χ2n) is 3.77. The molecule has 0 aliphatic rings. The predicted octanol–water partition coefficient (Wildman–Crippen LogP) is 3.63. The summed E-state index contributed by atoms with van der Waals surface area (Å²) < 4.78 is 5.41. The Labute approximate surface area is 120 Å². The third-order valence-electron chi connectivity index (χ3n) is 2.43. The van der Waals surface area contributed by atoms with Crippen LogP contribution >= 0.6 is 22.9 Å². The van der Waals surface area contributed by atoms with Gasteiger partial charge in [0.05, 0.1) is 17.9 Å². The van der Waals surface area contributed by atoms with Crippen molar-refractivity contribution in [1.29, 1.82) is 0 Å². The molecule has 0 atom stereocenters. The first-order valence-corrected chi connectivity index (χ1v) is 6.99. The van der Waals surface area contributed by atoms with Crippen LogP contribution in [0.25, 0.3) is 0 Å². The third-order valence-corrected chi connectivity index (χ3v) is 3.39. The van der Waals surface area contributed by atoms with Gasteiger partial charge in [0.15, 0.2) is 5.75 Å². The first kappa shape index (κ1) is 13.7. The van der Waals surface area contributed by atoms with E-state index >= 15 is 0 Å². The Hall–Kier alpha value is -1.72. The first-order chi connectivity index (χ1) is 9.11. The molecular weight excluding hydrogens is 284 g/mol. The molecule has 100 valence electrons. The van der Waals surface area contributed by atoms with Gasteiger partial charge in [0.1, 0.15) is 0 Å². The molecule has 0 fully saturated rings. The fourth-order valence-corrected chi connectivity index (χ4v) is 2.43. The summed E-state index contributed by atoms with van der Waals surface area (Å²) in [6, 6.07) is 4.79. The molecule has 0 saturated carbocycles. The number of benzene rings is 1. The van der Waals surface area contributed by atoms with E-state index in [0.29, 0.717) is 34.3 Å². The topological polar surface area (TPSA) is 64.3 Å². The van der Waals surface area contributed by atoms with Gasteiger partial charge in [0, 0.05) is 21.5 Å². The van der Waals surface area contributed by atoms with Gasteiger partial charge in [-0.2, -0.15) is 0 Å². The summed E-state index contributed by atoms with van der Waals surface area (Å²) in [6.07, 6.45) is 0. The molecule has 0 saturated heterocycles. The highest BCUT2D eigenvalue weighted by atomic mass is 35.5. The lowest BCUT2D eigenvalue weighted by molar-refractivity contribution is 0.102. The molecule has 6 heteroatoms. The number of ether oxygens (including phenoxy) is 1. The van der Waals surface area contributed by atoms with Gasteiger partial charge in [-0.15, -0.1) is 11.3 Å². The van der Waals surface area contributed by atoms with Crippen LogP contribution in [0.1, 0.15) is 17.3 Å². The summed E-state index contributed by atoms with van der Waals surface area (Å²) in [7, 11) is 0. The van der Waals surface area contributed by atoms with Crippen LogP contribution in [0, 0.1) is 0 Å². The van der Waals surface area contributed by atoms with Crippen LogP contribution in [0.2, 0.25) is 5.02 Å². The van der Waals surface area contributed by atoms with Crippen LogP contribution in [-0.2, 0) is 0 Å². The number of carbonyl (C=O) groups excluding carboxylic acids is 1. The Kier molecular flexibility index (Phi) is 4.29. The zero-order chi connectivity index (χ0) is 13.8. The number of thiophene rings is 1. The average molecular weight is 297 g/mol. The van der Waals surface area contributed by atoms with Gasteiger partial charge in [-0.05, 0) is 25.1 Å². The zero-order valence-electron chi connectivity index (χ0n) is 10.3. The molecule has 0 unspecified atom stereocenters. The van der Waals surface area contributed by atoms with E-state index in [4.69, 9.17) is 22.1 Å². The molecule has 1 amide bonds. The quantitative estimate of drug-likeness (QED) is 0.847. The SMILES string of the molecule is CCOc1cscc1NC(=O)c1cc(Cl)ccc1N. The smallest absolute Gasteiger partial charge is 0.257 e. The fourth-order valence-electron chi connectivity index (χ4n) is 1.56. The second kappa shape index (κ2) is 5.95. The van der Waals surface area contributed by atoms with E-state index in [-0.39, 0.29) is 5.91 Å². The number of hydrogen-bond donors (Lipinski definition) is 2. The van der Waals surface area contributed by atoms with Gasteiger partial charge in [-0.25, -0.2) is 0 Å². The van der Waals surface area contributed by atoms with Gasteiger partial charge in [-0.1, -0.05) is 11.6 Å². The van der Waals surface area contributed by atoms with Crippen molar-refractivity contribution in [1.82, 2.24) is 0 Å². The van der Waals surface area contributed by atoms with Crippen LogP contribution in [0.3, 0.4) is 0 Å². The van der Waals surface area contributed by atoms with E-state index in [1.807, 2.05) is 17.7 Å². The van der Waals surface area contributed by atoms with Crippen molar-refractivity contribution in [3.05, 3.63) is 39.5 Å². The number of carbonyl (C=O) groups is 1. The number of amides is 1. The van der Waals surface area contributed by atoms with Crippen LogP contribution in [-0.4, -0.2) is 12.5 Å². The first-order valence-electron chi connectivity index (χ1n) is 5.67. The normalized spacial score (nSPS) is 10.2. The highest BCUT2D eigenvalue weighted by Crippen LogP contribution is 2.30. The minimum absolute atomic E-state index is 0.306. The molecular formula is C13H13ClN2O2S. The number of nitrogens with one attached hydrogen (secondary N) is 1. The van der Waals surface area contributed by atoms with E-state index in [9.17, 15) is 4.79 Å². The number of hydrogen-bond acceptors (Lipinski definition) is 4. The number of nitrogens with two attached hydrogens (primary N) is 1. The monoisotopic (exact) mass is 296 g/mol. The summed E-state index contributed by atoms with van der Waals surface area (Å²) in [5.41, 5.74) is 7.14. The largest absolute Gasteiger partial charge is 0.491 e. The van der Waals surface area contributed by atoms with Gasteiger partial charge in [0.2, 0.25) is 0 Å². The molecule has 0 aliphatic heterocycles. The molecule has 1 aromatic carbocycles. The van der Waals surface area contributed by atoms with Crippen LogP contribution < -0.4 is 15.8 Å². The van der Waals surface area contributed by atoms with E-state index < -0.39 is 0 Å². The Bertz CT molecular complexity index is 598. The Balaban J connectivity index is 2.21. The zero-order valence-corrected chi connectivity index (χ0v) is 11.8. The Morgan fingerprint density at radius 3 is 3.00 bits per heavy atom. The molecule has 0 bridgehead atoms. The maximum Gasteiger partial charge on any atom is 0.257 e. The summed E-state index contributed by atoms with van der Waals surface area (Å²) >= 11 is 7.32. The van der Waals surface area contributed by atoms with E-state index in [2.05, 4.69) is 5.32 Å². The van der Waals surface area contributed by atoms with Crippen molar-refractivity contribution >= 4 is 40.2 Å². The van der Waals surface area contributed by atoms with Crippen molar-refractivity contribution < 1.29 is 9.53 Å². The molecule has 1 heterocycles. The predicted molar refractivity (Wildman–Crippen MR) is 79.3 cm³/mol. The molecule has 0 aliphatic carbocycles. The lowest BCUT2D eigenvalue weighted by Gasteiger charge is -2.09. The number of halogens is 1. The lowest BCUT2D eigenvalue weighted by atomic mass is 10.1. The van der Waals surface area contributed by atoms with Gasteiger partial charge >= 0.3 is 0 Å². The standard InChI is InChI=1S/C13H13ClN2O2S/c1-2-18-12-7-19-6-11(12)16-13(17)9-5-8(14)3-4-10(9)15/h3-7H,2,15H2,1H3,(H,16,17). The molecule has 2 aromatic rings. The van der Waals surface area contributed by atoms with E-state index in [0.717, 1.165) is 0 Å². The van der Waals surface area contributed by atoms with Crippen molar-refractivity contribution in [2.45, 2.75) is 6.92 Å². The number of rotatable bonds is 4. The van der Waals surface area contributed by atoms with Gasteiger partial charge in [0.25, 0.3) is 5.91 Å². The van der Waals surface area contributed by atoms with E-state index in [1.165, 1.54) is 11.3 Å². The molecule has 0 spiro atoms. The average Bonchev–Trinajstić information content (AvgIpc) is 2.80. The maximum atomic E-state index is 12.1. The molecule has 0 radical (unpaired) electrons. The van der Waals surface area contributed by atoms with Gasteiger partial charge in [-0.3, -0.25) is 4.79 Å². The molecule has 19 heavy (non-hydrogen) atoms. The fraction of sp³-hybridized carbons (Fsp3) is 0.154. The summed E-state index contributed by atoms with van der Waals surface area (Å²) in [5.74, 6) is 0.348. The summed E-state index contributed by atoms with van der Waals surface area (Å²) in [4.78, 5) is 12.1. The third kappa shape index (κ3) is 3.19. The van der Waals surface area contributed by atoms with Crippen LogP contribution in [0.5, 0.6) is 5.75 Å². The van der Waals surface area contributed by atoms with Crippen molar-refractivity contribution in [2.24, 2.45) is 0 Å². The van der Waals surface area contributed by atoms with Crippen LogP contribution in [0.4, 0.5) is 11.4 Å². The summed E-state index contributed by atoms with van der Waals surface area (Å²) in [6.45, 7) is 2.43. The molecule has 4 nitrogen and oxygen atoms in total. The number of anilines is 2. The minimum atomic E-state index is -0.306. The van der Waals surface area contributed by atoms with Crippen molar-refractivity contribution in [3.63, 3.8) is 0 Å². The Morgan fingerprint density at radius 1 is 1.47 bits per heavy atom.